The van der Waals surface area contributed by atoms with Crippen LogP contribution in [0.5, 0.6) is 5.75 Å². The molecule has 122 valence electrons. The molecule has 1 N–H and O–H groups in total. The SMILES string of the molecule is Cc1cccc(OCC(=O)N[C@H](c2ccccc2)c2nccs2)c1. The summed E-state index contributed by atoms with van der Waals surface area (Å²) in [7, 11) is 0. The van der Waals surface area contributed by atoms with Crippen molar-refractivity contribution in [2.45, 2.75) is 13.0 Å². The predicted molar refractivity (Wildman–Crippen MR) is 95.2 cm³/mol. The number of carbonyl (C=O) groups excluding carboxylic acids is 1. The summed E-state index contributed by atoms with van der Waals surface area (Å²) in [6.07, 6.45) is 1.74. The molecule has 5 heteroatoms. The van der Waals surface area contributed by atoms with Crippen LogP contribution in [0.25, 0.3) is 0 Å². The van der Waals surface area contributed by atoms with E-state index in [0.717, 1.165) is 16.1 Å². The van der Waals surface area contributed by atoms with Crippen molar-refractivity contribution in [2.75, 3.05) is 6.61 Å². The Bertz CT molecular complexity index is 788. The highest BCUT2D eigenvalue weighted by atomic mass is 32.1. The number of hydrogen-bond donors (Lipinski definition) is 1. The zero-order valence-electron chi connectivity index (χ0n) is 13.3. The number of aryl methyl sites for hydroxylation is 1. The van der Waals surface area contributed by atoms with Crippen molar-refractivity contribution < 1.29 is 9.53 Å². The van der Waals surface area contributed by atoms with E-state index in [4.69, 9.17) is 4.74 Å². The normalized spacial score (nSPS) is 11.7. The fourth-order valence-electron chi connectivity index (χ4n) is 2.37. The molecule has 0 fully saturated rings. The molecule has 0 bridgehead atoms. The minimum atomic E-state index is -0.264. The number of rotatable bonds is 6. The van der Waals surface area contributed by atoms with Crippen LogP contribution in [0.4, 0.5) is 0 Å². The Hall–Kier alpha value is -2.66. The molecule has 0 saturated heterocycles. The molecule has 1 amide bonds. The molecule has 2 aromatic carbocycles. The maximum atomic E-state index is 12.3. The topological polar surface area (TPSA) is 51.2 Å². The lowest BCUT2D eigenvalue weighted by atomic mass is 10.1. The fourth-order valence-corrected chi connectivity index (χ4v) is 3.08. The maximum Gasteiger partial charge on any atom is 0.258 e. The summed E-state index contributed by atoms with van der Waals surface area (Å²) in [5.74, 6) is 0.510. The van der Waals surface area contributed by atoms with Crippen LogP contribution in [0.1, 0.15) is 22.2 Å². The van der Waals surface area contributed by atoms with Crippen LogP contribution in [0.15, 0.2) is 66.2 Å². The maximum absolute atomic E-state index is 12.3. The largest absolute Gasteiger partial charge is 0.484 e. The van der Waals surface area contributed by atoms with Crippen molar-refractivity contribution >= 4 is 17.2 Å². The highest BCUT2D eigenvalue weighted by Crippen LogP contribution is 2.23. The van der Waals surface area contributed by atoms with Crippen LogP contribution in [0.3, 0.4) is 0 Å². The van der Waals surface area contributed by atoms with Gasteiger partial charge in [0.25, 0.3) is 5.91 Å². The van der Waals surface area contributed by atoms with Crippen molar-refractivity contribution in [3.05, 3.63) is 82.3 Å². The summed E-state index contributed by atoms with van der Waals surface area (Å²) in [5.41, 5.74) is 2.09. The molecule has 24 heavy (non-hydrogen) atoms. The van der Waals surface area contributed by atoms with Crippen molar-refractivity contribution in [1.29, 1.82) is 0 Å². The van der Waals surface area contributed by atoms with Gasteiger partial charge in [-0.05, 0) is 30.2 Å². The number of nitrogens with one attached hydrogen (secondary N) is 1. The van der Waals surface area contributed by atoms with Gasteiger partial charge in [-0.3, -0.25) is 4.79 Å². The third-order valence-corrected chi connectivity index (χ3v) is 4.34. The van der Waals surface area contributed by atoms with E-state index in [1.54, 1.807) is 6.20 Å². The lowest BCUT2D eigenvalue weighted by Crippen LogP contribution is -2.33. The average molecular weight is 338 g/mol. The Balaban J connectivity index is 1.68. The Kier molecular flexibility index (Phi) is 5.23. The van der Waals surface area contributed by atoms with Gasteiger partial charge in [0.15, 0.2) is 6.61 Å². The smallest absolute Gasteiger partial charge is 0.258 e. The summed E-state index contributed by atoms with van der Waals surface area (Å²) in [5, 5.41) is 5.76. The predicted octanol–water partition coefficient (Wildman–Crippen LogP) is 3.74. The van der Waals surface area contributed by atoms with E-state index >= 15 is 0 Å². The molecule has 0 unspecified atom stereocenters. The molecule has 1 aromatic heterocycles. The van der Waals surface area contributed by atoms with E-state index < -0.39 is 0 Å². The molecule has 0 radical (unpaired) electrons. The Labute approximate surface area is 145 Å². The second-order valence-electron chi connectivity index (χ2n) is 5.39. The van der Waals surface area contributed by atoms with Crippen molar-refractivity contribution in [3.63, 3.8) is 0 Å². The molecule has 1 atom stereocenters. The molecule has 3 rings (SSSR count). The van der Waals surface area contributed by atoms with Gasteiger partial charge < -0.3 is 10.1 Å². The second-order valence-corrected chi connectivity index (χ2v) is 6.31. The minimum Gasteiger partial charge on any atom is -0.484 e. The number of aromatic nitrogens is 1. The van der Waals surface area contributed by atoms with Crippen molar-refractivity contribution in [2.24, 2.45) is 0 Å². The van der Waals surface area contributed by atoms with Crippen molar-refractivity contribution in [1.82, 2.24) is 10.3 Å². The van der Waals surface area contributed by atoms with Crippen molar-refractivity contribution in [3.8, 4) is 5.75 Å². The lowest BCUT2D eigenvalue weighted by Gasteiger charge is -2.17. The summed E-state index contributed by atoms with van der Waals surface area (Å²) in [4.78, 5) is 16.7. The number of ether oxygens (including phenoxy) is 1. The standard InChI is InChI=1S/C19H18N2O2S/c1-14-6-5-9-16(12-14)23-13-17(22)21-18(19-20-10-11-24-19)15-7-3-2-4-8-15/h2-12,18H,13H2,1H3,(H,21,22)/t18-/m1/s1. The third kappa shape index (κ3) is 4.20. The second kappa shape index (κ2) is 7.75. The molecule has 3 aromatic rings. The molecular formula is C19H18N2O2S. The number of hydrogen-bond acceptors (Lipinski definition) is 4. The van der Waals surface area contributed by atoms with Gasteiger partial charge in [0.2, 0.25) is 0 Å². The average Bonchev–Trinajstić information content (AvgIpc) is 3.13. The third-order valence-electron chi connectivity index (χ3n) is 3.50. The van der Waals surface area contributed by atoms with E-state index in [1.165, 1.54) is 11.3 Å². The first kappa shape index (κ1) is 16.2. The molecule has 0 aliphatic carbocycles. The number of thiazole rings is 1. The van der Waals surface area contributed by atoms with Gasteiger partial charge in [-0.15, -0.1) is 11.3 Å². The monoisotopic (exact) mass is 338 g/mol. The van der Waals surface area contributed by atoms with Crippen LogP contribution >= 0.6 is 11.3 Å². The summed E-state index contributed by atoms with van der Waals surface area (Å²) in [6.45, 7) is 1.96. The summed E-state index contributed by atoms with van der Waals surface area (Å²) >= 11 is 1.52. The molecular weight excluding hydrogens is 320 g/mol. The summed E-state index contributed by atoms with van der Waals surface area (Å²) < 4.78 is 5.57. The fraction of sp³-hybridized carbons (Fsp3) is 0.158. The van der Waals surface area contributed by atoms with E-state index in [1.807, 2.05) is 66.9 Å². The van der Waals surface area contributed by atoms with Gasteiger partial charge in [0, 0.05) is 11.6 Å². The van der Waals surface area contributed by atoms with E-state index in [0.29, 0.717) is 5.75 Å². The molecule has 1 heterocycles. The highest BCUT2D eigenvalue weighted by Gasteiger charge is 2.19. The number of amides is 1. The van der Waals surface area contributed by atoms with Gasteiger partial charge >= 0.3 is 0 Å². The number of nitrogens with zero attached hydrogens (tertiary/aromatic N) is 1. The van der Waals surface area contributed by atoms with E-state index in [2.05, 4.69) is 10.3 Å². The van der Waals surface area contributed by atoms with Gasteiger partial charge in [0.1, 0.15) is 16.8 Å². The van der Waals surface area contributed by atoms with Crippen LogP contribution in [0, 0.1) is 6.92 Å². The Morgan fingerprint density at radius 2 is 2.04 bits per heavy atom. The Morgan fingerprint density at radius 3 is 2.75 bits per heavy atom. The van der Waals surface area contributed by atoms with E-state index in [-0.39, 0.29) is 18.6 Å². The molecule has 0 saturated carbocycles. The van der Waals surface area contributed by atoms with Gasteiger partial charge in [-0.1, -0.05) is 42.5 Å². The van der Waals surface area contributed by atoms with Gasteiger partial charge in [-0.2, -0.15) is 0 Å². The van der Waals surface area contributed by atoms with Crippen LogP contribution in [0.2, 0.25) is 0 Å². The zero-order valence-corrected chi connectivity index (χ0v) is 14.1. The van der Waals surface area contributed by atoms with Crippen LogP contribution < -0.4 is 10.1 Å². The summed E-state index contributed by atoms with van der Waals surface area (Å²) in [6, 6.07) is 17.2. The van der Waals surface area contributed by atoms with Crippen LogP contribution in [-0.2, 0) is 4.79 Å². The lowest BCUT2D eigenvalue weighted by molar-refractivity contribution is -0.123. The first-order valence-electron chi connectivity index (χ1n) is 7.65. The number of carbonyl (C=O) groups is 1. The van der Waals surface area contributed by atoms with Crippen LogP contribution in [-0.4, -0.2) is 17.5 Å². The van der Waals surface area contributed by atoms with Gasteiger partial charge in [0.05, 0.1) is 0 Å². The Morgan fingerprint density at radius 1 is 1.21 bits per heavy atom. The number of benzene rings is 2. The molecule has 4 nitrogen and oxygen atoms in total. The molecule has 0 aliphatic rings. The zero-order chi connectivity index (χ0) is 16.8. The highest BCUT2D eigenvalue weighted by molar-refractivity contribution is 7.09. The molecule has 0 spiro atoms. The quantitative estimate of drug-likeness (QED) is 0.745. The molecule has 0 aliphatic heterocycles. The first-order chi connectivity index (χ1) is 11.7. The van der Waals surface area contributed by atoms with Gasteiger partial charge in [-0.25, -0.2) is 4.98 Å². The van der Waals surface area contributed by atoms with E-state index in [9.17, 15) is 4.79 Å². The first-order valence-corrected chi connectivity index (χ1v) is 8.53. The minimum absolute atomic E-state index is 0.0296.